The van der Waals surface area contributed by atoms with Crippen molar-refractivity contribution in [3.63, 3.8) is 0 Å². The van der Waals surface area contributed by atoms with Crippen LogP contribution in [0.2, 0.25) is 0 Å². The quantitative estimate of drug-likeness (QED) is 0.356. The lowest BCUT2D eigenvalue weighted by atomic mass is 10.2. The summed E-state index contributed by atoms with van der Waals surface area (Å²) < 4.78 is 2.16. The van der Waals surface area contributed by atoms with Gasteiger partial charge in [-0.1, -0.05) is 78.0 Å². The van der Waals surface area contributed by atoms with Crippen molar-refractivity contribution in [2.24, 2.45) is 0 Å². The maximum atomic E-state index is 4.58. The van der Waals surface area contributed by atoms with Gasteiger partial charge >= 0.3 is 0 Å². The van der Waals surface area contributed by atoms with Gasteiger partial charge in [0.25, 0.3) is 0 Å². The van der Waals surface area contributed by atoms with E-state index in [-0.39, 0.29) is 0 Å². The van der Waals surface area contributed by atoms with Crippen molar-refractivity contribution in [2.45, 2.75) is 22.7 Å². The summed E-state index contributed by atoms with van der Waals surface area (Å²) >= 11 is 3.44. The monoisotopic (exact) mass is 403 g/mol. The van der Waals surface area contributed by atoms with Gasteiger partial charge in [0.15, 0.2) is 11.0 Å². The van der Waals surface area contributed by atoms with E-state index < -0.39 is 0 Å². The van der Waals surface area contributed by atoms with Gasteiger partial charge in [-0.15, -0.1) is 22.0 Å². The van der Waals surface area contributed by atoms with Crippen molar-refractivity contribution in [2.75, 3.05) is 6.26 Å². The number of hydrogen-bond donors (Lipinski definition) is 0. The average Bonchev–Trinajstić information content (AvgIpc) is 3.17. The average molecular weight is 404 g/mol. The first-order valence-electron chi connectivity index (χ1n) is 9.09. The molecule has 4 aromatic rings. The van der Waals surface area contributed by atoms with Gasteiger partial charge in [-0.2, -0.15) is 0 Å². The zero-order chi connectivity index (χ0) is 19.3. The Morgan fingerprint density at radius 3 is 2.29 bits per heavy atom. The molecule has 4 rings (SSSR count). The van der Waals surface area contributed by atoms with E-state index in [1.54, 1.807) is 23.5 Å². The molecule has 5 heteroatoms. The predicted molar refractivity (Wildman–Crippen MR) is 119 cm³/mol. The van der Waals surface area contributed by atoms with E-state index in [4.69, 9.17) is 0 Å². The van der Waals surface area contributed by atoms with Gasteiger partial charge in [0.2, 0.25) is 0 Å². The molecule has 140 valence electrons. The summed E-state index contributed by atoms with van der Waals surface area (Å²) in [7, 11) is 0. The first-order valence-corrected chi connectivity index (χ1v) is 11.3. The smallest absolute Gasteiger partial charge is 0.196 e. The van der Waals surface area contributed by atoms with Gasteiger partial charge in [0.1, 0.15) is 0 Å². The number of para-hydroxylation sites is 1. The molecule has 0 bridgehead atoms. The Kier molecular flexibility index (Phi) is 5.84. The van der Waals surface area contributed by atoms with E-state index in [0.717, 1.165) is 28.0 Å². The van der Waals surface area contributed by atoms with Gasteiger partial charge in [-0.25, -0.2) is 0 Å². The van der Waals surface area contributed by atoms with Gasteiger partial charge in [0.05, 0.1) is 0 Å². The molecule has 0 saturated carbocycles. The highest BCUT2D eigenvalue weighted by molar-refractivity contribution is 7.98. The first-order chi connectivity index (χ1) is 13.8. The van der Waals surface area contributed by atoms with Crippen LogP contribution in [0.5, 0.6) is 0 Å². The molecule has 0 atom stereocenters. The summed E-state index contributed by atoms with van der Waals surface area (Å²) in [6.07, 6.45) is 2.09. The van der Waals surface area contributed by atoms with Crippen molar-refractivity contribution < 1.29 is 0 Å². The lowest BCUT2D eigenvalue weighted by Gasteiger charge is -2.12. The minimum atomic E-state index is 0.857. The fraction of sp³-hybridized carbons (Fsp3) is 0.130. The minimum absolute atomic E-state index is 0.857. The molecule has 3 nitrogen and oxygen atoms in total. The highest BCUT2D eigenvalue weighted by Gasteiger charge is 2.18. The summed E-state index contributed by atoms with van der Waals surface area (Å²) in [5, 5.41) is 10.0. The van der Waals surface area contributed by atoms with E-state index in [0.29, 0.717) is 0 Å². The van der Waals surface area contributed by atoms with E-state index >= 15 is 0 Å². The number of aromatic nitrogens is 3. The Bertz CT molecular complexity index is 1060. The second-order valence-electron chi connectivity index (χ2n) is 6.45. The maximum Gasteiger partial charge on any atom is 0.196 e. The summed E-state index contributed by atoms with van der Waals surface area (Å²) in [6.45, 7) is 2.11. The second-order valence-corrected chi connectivity index (χ2v) is 8.24. The Balaban J connectivity index is 1.75. The molecular weight excluding hydrogens is 382 g/mol. The molecule has 0 aliphatic heterocycles. The lowest BCUT2D eigenvalue weighted by Crippen LogP contribution is -2.00. The van der Waals surface area contributed by atoms with Crippen LogP contribution >= 0.6 is 23.5 Å². The first kappa shape index (κ1) is 18.8. The van der Waals surface area contributed by atoms with Crippen LogP contribution in [0.25, 0.3) is 17.1 Å². The normalized spacial score (nSPS) is 10.9. The highest BCUT2D eigenvalue weighted by atomic mass is 32.2. The van der Waals surface area contributed by atoms with Crippen molar-refractivity contribution in [3.8, 4) is 17.1 Å². The lowest BCUT2D eigenvalue weighted by molar-refractivity contribution is 0.885. The second kappa shape index (κ2) is 8.67. The van der Waals surface area contributed by atoms with Gasteiger partial charge in [-0.3, -0.25) is 4.57 Å². The summed E-state index contributed by atoms with van der Waals surface area (Å²) in [5.41, 5.74) is 4.74. The number of thioether (sulfide) groups is 2. The molecular formula is C23H21N3S2. The van der Waals surface area contributed by atoms with Crippen LogP contribution in [0.1, 0.15) is 11.1 Å². The van der Waals surface area contributed by atoms with Crippen LogP contribution in [-0.2, 0) is 5.75 Å². The van der Waals surface area contributed by atoms with E-state index in [2.05, 4.69) is 88.6 Å². The molecule has 1 aromatic heterocycles. The van der Waals surface area contributed by atoms with E-state index in [1.165, 1.54) is 16.0 Å². The van der Waals surface area contributed by atoms with Crippen LogP contribution < -0.4 is 0 Å². The molecule has 0 aliphatic rings. The third kappa shape index (κ3) is 4.01. The Hall–Kier alpha value is -2.50. The van der Waals surface area contributed by atoms with Crippen molar-refractivity contribution >= 4 is 23.5 Å². The molecule has 28 heavy (non-hydrogen) atoms. The van der Waals surface area contributed by atoms with Crippen LogP contribution in [0.3, 0.4) is 0 Å². The molecule has 0 aliphatic carbocycles. The molecule has 0 N–H and O–H groups in total. The molecule has 0 radical (unpaired) electrons. The Morgan fingerprint density at radius 1 is 0.821 bits per heavy atom. The highest BCUT2D eigenvalue weighted by Crippen LogP contribution is 2.34. The summed E-state index contributed by atoms with van der Waals surface area (Å²) in [5.74, 6) is 1.73. The van der Waals surface area contributed by atoms with Gasteiger partial charge < -0.3 is 0 Å². The SMILES string of the molecule is CSc1ccccc1-c1nnc(SCc2ccc(C)cc2)n1-c1ccccc1. The number of rotatable bonds is 6. The van der Waals surface area contributed by atoms with Gasteiger partial charge in [-0.05, 0) is 36.9 Å². The van der Waals surface area contributed by atoms with Crippen LogP contribution in [-0.4, -0.2) is 21.0 Å². The van der Waals surface area contributed by atoms with Gasteiger partial charge in [0, 0.05) is 21.9 Å². The van der Waals surface area contributed by atoms with Crippen molar-refractivity contribution in [1.29, 1.82) is 0 Å². The van der Waals surface area contributed by atoms with Crippen molar-refractivity contribution in [3.05, 3.63) is 90.0 Å². The fourth-order valence-corrected chi connectivity index (χ4v) is 4.51. The number of aryl methyl sites for hydroxylation is 1. The molecule has 1 heterocycles. The minimum Gasteiger partial charge on any atom is -0.270 e. The van der Waals surface area contributed by atoms with Crippen LogP contribution in [0.4, 0.5) is 0 Å². The third-order valence-electron chi connectivity index (χ3n) is 4.48. The van der Waals surface area contributed by atoms with Crippen molar-refractivity contribution in [1.82, 2.24) is 14.8 Å². The third-order valence-corrected chi connectivity index (χ3v) is 6.28. The molecule has 3 aromatic carbocycles. The zero-order valence-corrected chi connectivity index (χ0v) is 17.5. The zero-order valence-electron chi connectivity index (χ0n) is 15.9. The molecule has 0 unspecified atom stereocenters. The molecule has 0 fully saturated rings. The Labute approximate surface area is 174 Å². The molecule has 0 saturated heterocycles. The summed E-state index contributed by atoms with van der Waals surface area (Å²) in [4.78, 5) is 1.20. The number of hydrogen-bond acceptors (Lipinski definition) is 4. The molecule has 0 spiro atoms. The topological polar surface area (TPSA) is 30.7 Å². The Morgan fingerprint density at radius 2 is 1.54 bits per heavy atom. The van der Waals surface area contributed by atoms with Crippen LogP contribution in [0, 0.1) is 6.92 Å². The van der Waals surface area contributed by atoms with E-state index in [1.807, 2.05) is 18.2 Å². The molecule has 0 amide bonds. The number of nitrogens with zero attached hydrogens (tertiary/aromatic N) is 3. The van der Waals surface area contributed by atoms with Crippen LogP contribution in [0.15, 0.2) is 88.9 Å². The predicted octanol–water partition coefficient (Wildman–Crippen LogP) is 6.26. The largest absolute Gasteiger partial charge is 0.270 e. The standard InChI is InChI=1S/C23H21N3S2/c1-17-12-14-18(15-13-17)16-28-23-25-24-22(20-10-6-7-11-21(20)27-2)26(23)19-8-4-3-5-9-19/h3-15H,16H2,1-2H3. The van der Waals surface area contributed by atoms with E-state index in [9.17, 15) is 0 Å². The summed E-state index contributed by atoms with van der Waals surface area (Å²) in [6, 6.07) is 27.3. The maximum absolute atomic E-state index is 4.58. The number of benzene rings is 3. The fourth-order valence-electron chi connectivity index (χ4n) is 3.01.